The minimum Gasteiger partial charge on any atom is -0.457 e. The molecule has 0 radical (unpaired) electrons. The molecule has 0 bridgehead atoms. The van der Waals surface area contributed by atoms with Gasteiger partial charge in [0.15, 0.2) is 0 Å². The number of nitriles is 1. The maximum Gasteiger partial charge on any atom is 0.269 e. The van der Waals surface area contributed by atoms with Crippen LogP contribution in [0.4, 0.5) is 11.4 Å². The van der Waals surface area contributed by atoms with E-state index in [0.717, 1.165) is 0 Å². The molecule has 1 heterocycles. The molecule has 0 fully saturated rings. The van der Waals surface area contributed by atoms with Gasteiger partial charge in [0, 0.05) is 39.5 Å². The van der Waals surface area contributed by atoms with Gasteiger partial charge < -0.3 is 9.73 Å². The summed E-state index contributed by atoms with van der Waals surface area (Å²) in [6, 6.07) is 15.3. The number of carbonyl (C=O) groups excluding carboxylic acids is 1. The summed E-state index contributed by atoms with van der Waals surface area (Å²) in [5.74, 6) is 0.0744. The van der Waals surface area contributed by atoms with Crippen LogP contribution in [0.5, 0.6) is 0 Å². The van der Waals surface area contributed by atoms with Crippen LogP contribution in [0, 0.1) is 21.4 Å². The molecule has 144 valence electrons. The smallest absolute Gasteiger partial charge is 0.269 e. The van der Waals surface area contributed by atoms with E-state index in [4.69, 9.17) is 27.6 Å². The molecule has 2 aromatic carbocycles. The molecule has 0 aliphatic rings. The first kappa shape index (κ1) is 20.1. The number of nitro benzene ring substituents is 1. The molecule has 0 aliphatic heterocycles. The summed E-state index contributed by atoms with van der Waals surface area (Å²) < 4.78 is 5.65. The lowest BCUT2D eigenvalue weighted by Gasteiger charge is -2.03. The lowest BCUT2D eigenvalue weighted by Crippen LogP contribution is -2.13. The van der Waals surface area contributed by atoms with Crippen molar-refractivity contribution in [3.05, 3.63) is 86.1 Å². The van der Waals surface area contributed by atoms with Crippen molar-refractivity contribution in [2.24, 2.45) is 0 Å². The zero-order chi connectivity index (χ0) is 21.0. The summed E-state index contributed by atoms with van der Waals surface area (Å²) in [7, 11) is 0. The zero-order valence-electron chi connectivity index (χ0n) is 14.6. The molecule has 0 saturated heterocycles. The van der Waals surface area contributed by atoms with E-state index in [1.54, 1.807) is 36.4 Å². The van der Waals surface area contributed by atoms with Crippen LogP contribution in [0.1, 0.15) is 5.76 Å². The van der Waals surface area contributed by atoms with E-state index < -0.39 is 10.8 Å². The molecule has 0 saturated carbocycles. The van der Waals surface area contributed by atoms with Crippen molar-refractivity contribution in [2.75, 3.05) is 5.32 Å². The SMILES string of the molecule is N#C/C(=C\c1ccc(-c2cc(Cl)cc(Cl)c2)o1)C(=O)Nc1ccc([N+](=O)[O-])cc1. The Hall–Kier alpha value is -3.60. The number of hydrogen-bond donors (Lipinski definition) is 1. The van der Waals surface area contributed by atoms with E-state index in [1.807, 2.05) is 0 Å². The van der Waals surface area contributed by atoms with Crippen LogP contribution in [0.25, 0.3) is 17.4 Å². The molecule has 9 heteroatoms. The number of nitrogens with zero attached hydrogens (tertiary/aromatic N) is 2. The second-order valence-electron chi connectivity index (χ2n) is 5.79. The van der Waals surface area contributed by atoms with Gasteiger partial charge in [-0.05, 0) is 42.5 Å². The summed E-state index contributed by atoms with van der Waals surface area (Å²) in [4.78, 5) is 22.4. The fourth-order valence-electron chi connectivity index (χ4n) is 2.44. The van der Waals surface area contributed by atoms with Gasteiger partial charge in [-0.1, -0.05) is 23.2 Å². The Morgan fingerprint density at radius 2 is 1.76 bits per heavy atom. The van der Waals surface area contributed by atoms with Crippen molar-refractivity contribution >= 4 is 46.6 Å². The first-order chi connectivity index (χ1) is 13.9. The van der Waals surface area contributed by atoms with Gasteiger partial charge in [-0.3, -0.25) is 14.9 Å². The molecule has 3 aromatic rings. The van der Waals surface area contributed by atoms with Gasteiger partial charge in [-0.25, -0.2) is 0 Å². The van der Waals surface area contributed by atoms with Crippen LogP contribution < -0.4 is 5.32 Å². The molecule has 0 aliphatic carbocycles. The zero-order valence-corrected chi connectivity index (χ0v) is 16.1. The maximum atomic E-state index is 12.3. The molecule has 1 aromatic heterocycles. The van der Waals surface area contributed by atoms with Gasteiger partial charge in [0.2, 0.25) is 0 Å². The summed E-state index contributed by atoms with van der Waals surface area (Å²) in [6.07, 6.45) is 1.29. The fourth-order valence-corrected chi connectivity index (χ4v) is 2.96. The lowest BCUT2D eigenvalue weighted by molar-refractivity contribution is -0.384. The second kappa shape index (κ2) is 8.61. The van der Waals surface area contributed by atoms with Gasteiger partial charge in [-0.2, -0.15) is 5.26 Å². The van der Waals surface area contributed by atoms with Crippen molar-refractivity contribution in [2.45, 2.75) is 0 Å². The number of rotatable bonds is 5. The Balaban J connectivity index is 1.79. The van der Waals surface area contributed by atoms with Crippen LogP contribution in [0.3, 0.4) is 0 Å². The van der Waals surface area contributed by atoms with E-state index in [1.165, 1.54) is 30.3 Å². The number of carbonyl (C=O) groups is 1. The van der Waals surface area contributed by atoms with Crippen molar-refractivity contribution < 1.29 is 14.1 Å². The molecule has 3 rings (SSSR count). The summed E-state index contributed by atoms with van der Waals surface area (Å²) >= 11 is 12.0. The number of hydrogen-bond acceptors (Lipinski definition) is 5. The normalized spacial score (nSPS) is 11.0. The highest BCUT2D eigenvalue weighted by molar-refractivity contribution is 6.35. The highest BCUT2D eigenvalue weighted by Crippen LogP contribution is 2.29. The van der Waals surface area contributed by atoms with E-state index in [9.17, 15) is 20.2 Å². The van der Waals surface area contributed by atoms with Crippen LogP contribution in [0.2, 0.25) is 10.0 Å². The number of nitrogens with one attached hydrogen (secondary N) is 1. The average Bonchev–Trinajstić information content (AvgIpc) is 3.14. The van der Waals surface area contributed by atoms with Crippen LogP contribution in [-0.2, 0) is 4.79 Å². The van der Waals surface area contributed by atoms with E-state index >= 15 is 0 Å². The van der Waals surface area contributed by atoms with E-state index in [2.05, 4.69) is 5.32 Å². The first-order valence-corrected chi connectivity index (χ1v) is 8.85. The highest BCUT2D eigenvalue weighted by atomic mass is 35.5. The highest BCUT2D eigenvalue weighted by Gasteiger charge is 2.13. The summed E-state index contributed by atoms with van der Waals surface area (Å²) in [6.45, 7) is 0. The van der Waals surface area contributed by atoms with Crippen molar-refractivity contribution in [3.8, 4) is 17.4 Å². The number of non-ortho nitro benzene ring substituents is 1. The van der Waals surface area contributed by atoms with Gasteiger partial charge in [-0.15, -0.1) is 0 Å². The molecule has 29 heavy (non-hydrogen) atoms. The fraction of sp³-hybridized carbons (Fsp3) is 0. The minimum absolute atomic E-state index is 0.108. The topological polar surface area (TPSA) is 109 Å². The average molecular weight is 428 g/mol. The Bertz CT molecular complexity index is 1140. The molecule has 1 N–H and O–H groups in total. The number of benzene rings is 2. The number of anilines is 1. The largest absolute Gasteiger partial charge is 0.457 e. The number of amides is 1. The number of nitro groups is 1. The molecular weight excluding hydrogens is 417 g/mol. The second-order valence-corrected chi connectivity index (χ2v) is 6.66. The van der Waals surface area contributed by atoms with E-state index in [0.29, 0.717) is 27.1 Å². The Morgan fingerprint density at radius 1 is 1.10 bits per heavy atom. The molecule has 0 spiro atoms. The van der Waals surface area contributed by atoms with Gasteiger partial charge in [0.05, 0.1) is 4.92 Å². The first-order valence-electron chi connectivity index (χ1n) is 8.09. The predicted molar refractivity (Wildman–Crippen MR) is 109 cm³/mol. The quantitative estimate of drug-likeness (QED) is 0.242. The van der Waals surface area contributed by atoms with Gasteiger partial charge in [0.1, 0.15) is 23.2 Å². The lowest BCUT2D eigenvalue weighted by atomic mass is 10.2. The monoisotopic (exact) mass is 427 g/mol. The molecule has 7 nitrogen and oxygen atoms in total. The van der Waals surface area contributed by atoms with Gasteiger partial charge >= 0.3 is 0 Å². The Labute approximate surface area is 174 Å². The van der Waals surface area contributed by atoms with Crippen LogP contribution >= 0.6 is 23.2 Å². The number of halogens is 2. The third-order valence-electron chi connectivity index (χ3n) is 3.76. The summed E-state index contributed by atoms with van der Waals surface area (Å²) in [5, 5.41) is 23.4. The third-order valence-corrected chi connectivity index (χ3v) is 4.20. The van der Waals surface area contributed by atoms with Crippen LogP contribution in [-0.4, -0.2) is 10.8 Å². The molecule has 0 unspecified atom stereocenters. The molecule has 0 atom stereocenters. The minimum atomic E-state index is -0.676. The molecular formula is C20H11Cl2N3O4. The number of furan rings is 1. The van der Waals surface area contributed by atoms with Gasteiger partial charge in [0.25, 0.3) is 11.6 Å². The van der Waals surface area contributed by atoms with Crippen LogP contribution in [0.15, 0.2) is 64.6 Å². The van der Waals surface area contributed by atoms with Crippen molar-refractivity contribution in [1.29, 1.82) is 5.26 Å². The molecule has 1 amide bonds. The summed E-state index contributed by atoms with van der Waals surface area (Å²) in [5.41, 5.74) is 0.656. The standard InChI is InChI=1S/C20H11Cl2N3O4/c21-14-7-12(8-15(22)10-14)19-6-5-18(29-19)9-13(11-23)20(26)24-16-1-3-17(4-2-16)25(27)28/h1-10H,(H,24,26)/b13-9+. The maximum absolute atomic E-state index is 12.3. The Kier molecular flexibility index (Phi) is 5.98. The van der Waals surface area contributed by atoms with Crippen molar-refractivity contribution in [1.82, 2.24) is 0 Å². The predicted octanol–water partition coefficient (Wildman–Crippen LogP) is 5.71. The van der Waals surface area contributed by atoms with Crippen molar-refractivity contribution in [3.63, 3.8) is 0 Å². The third kappa shape index (κ3) is 5.02. The Morgan fingerprint density at radius 3 is 2.34 bits per heavy atom. The van der Waals surface area contributed by atoms with E-state index in [-0.39, 0.29) is 17.0 Å².